The molecule has 39 heavy (non-hydrogen) atoms. The number of rotatable bonds is 12. The summed E-state index contributed by atoms with van der Waals surface area (Å²) in [6, 6.07) is 23.0. The quantitative estimate of drug-likeness (QED) is 0.162. The van der Waals surface area contributed by atoms with Gasteiger partial charge in [0.05, 0.1) is 0 Å². The normalized spacial score (nSPS) is 15.2. The average Bonchev–Trinajstić information content (AvgIpc) is 3.45. The van der Waals surface area contributed by atoms with Crippen LogP contribution in [0.5, 0.6) is 0 Å². The van der Waals surface area contributed by atoms with Crippen LogP contribution in [0.15, 0.2) is 78.4 Å². The van der Waals surface area contributed by atoms with E-state index >= 15 is 0 Å². The van der Waals surface area contributed by atoms with E-state index in [2.05, 4.69) is 121 Å². The Balaban J connectivity index is 2.23. The first-order valence-corrected chi connectivity index (χ1v) is 17.8. The molecule has 0 fully saturated rings. The molecule has 1 atom stereocenters. The standard InChI is InChI=1S/C38H50Si/c1-8-16-34-17-15-18-38(34)39(35-22-28(9-2)19-29(10-3)23-35,36-24-30(11-4)20-31(12-5)25-36)37-26-32(13-6)21-33(14-7)27-37/h15,17-27,38H,8-14,16H2,1-7H3. The van der Waals surface area contributed by atoms with Crippen LogP contribution < -0.4 is 15.6 Å². The van der Waals surface area contributed by atoms with Gasteiger partial charge in [0.25, 0.3) is 0 Å². The van der Waals surface area contributed by atoms with Gasteiger partial charge in [-0.05, 0) is 93.9 Å². The molecule has 3 aromatic carbocycles. The Morgan fingerprint density at radius 1 is 0.487 bits per heavy atom. The fourth-order valence-corrected chi connectivity index (χ4v) is 12.5. The van der Waals surface area contributed by atoms with E-state index in [1.54, 1.807) is 21.1 Å². The van der Waals surface area contributed by atoms with Crippen LogP contribution in [0.2, 0.25) is 5.54 Å². The molecule has 0 radical (unpaired) electrons. The van der Waals surface area contributed by atoms with Gasteiger partial charge in [-0.3, -0.25) is 0 Å². The molecule has 4 rings (SSSR count). The van der Waals surface area contributed by atoms with Gasteiger partial charge in [0.1, 0.15) is 0 Å². The molecule has 0 aromatic heterocycles. The molecule has 0 nitrogen and oxygen atoms in total. The highest BCUT2D eigenvalue weighted by molar-refractivity contribution is 7.13. The summed E-state index contributed by atoms with van der Waals surface area (Å²) in [6.45, 7) is 16.3. The predicted molar refractivity (Wildman–Crippen MR) is 176 cm³/mol. The summed E-state index contributed by atoms with van der Waals surface area (Å²) in [5.74, 6) is 0. The van der Waals surface area contributed by atoms with E-state index in [9.17, 15) is 0 Å². The van der Waals surface area contributed by atoms with E-state index in [0.29, 0.717) is 5.54 Å². The first kappa shape index (κ1) is 29.3. The van der Waals surface area contributed by atoms with Crippen molar-refractivity contribution in [2.75, 3.05) is 0 Å². The highest BCUT2D eigenvalue weighted by atomic mass is 28.3. The van der Waals surface area contributed by atoms with Crippen LogP contribution in [0.4, 0.5) is 0 Å². The fraction of sp³-hybridized carbons (Fsp3) is 0.421. The third-order valence-corrected chi connectivity index (χ3v) is 14.1. The van der Waals surface area contributed by atoms with Gasteiger partial charge < -0.3 is 0 Å². The first-order chi connectivity index (χ1) is 19.0. The van der Waals surface area contributed by atoms with E-state index < -0.39 is 8.07 Å². The Labute approximate surface area is 240 Å². The topological polar surface area (TPSA) is 0 Å². The van der Waals surface area contributed by atoms with Crippen LogP contribution in [-0.2, 0) is 38.5 Å². The number of benzene rings is 3. The Hall–Kier alpha value is -2.64. The monoisotopic (exact) mass is 534 g/mol. The molecule has 1 aliphatic rings. The zero-order valence-corrected chi connectivity index (χ0v) is 26.7. The summed E-state index contributed by atoms with van der Waals surface area (Å²) in [7, 11) is -2.53. The van der Waals surface area contributed by atoms with Crippen LogP contribution in [0.1, 0.15) is 94.7 Å². The largest absolute Gasteiger partial charge is 0.159 e. The third-order valence-electron chi connectivity index (χ3n) is 8.99. The van der Waals surface area contributed by atoms with Crippen LogP contribution in [-0.4, -0.2) is 8.07 Å². The van der Waals surface area contributed by atoms with E-state index in [1.807, 2.05) is 0 Å². The highest BCUT2D eigenvalue weighted by Gasteiger charge is 2.48. The van der Waals surface area contributed by atoms with Crippen molar-refractivity contribution >= 4 is 23.6 Å². The minimum atomic E-state index is -2.53. The summed E-state index contributed by atoms with van der Waals surface area (Å²) < 4.78 is 0. The zero-order chi connectivity index (χ0) is 28.0. The van der Waals surface area contributed by atoms with Gasteiger partial charge in [0.2, 0.25) is 0 Å². The second kappa shape index (κ2) is 13.1. The van der Waals surface area contributed by atoms with Gasteiger partial charge in [-0.2, -0.15) is 0 Å². The van der Waals surface area contributed by atoms with Gasteiger partial charge in [-0.25, -0.2) is 0 Å². The molecule has 1 heteroatoms. The van der Waals surface area contributed by atoms with Crippen LogP contribution >= 0.6 is 0 Å². The van der Waals surface area contributed by atoms with Crippen molar-refractivity contribution in [3.05, 3.63) is 112 Å². The van der Waals surface area contributed by atoms with E-state index in [1.165, 1.54) is 46.2 Å². The van der Waals surface area contributed by atoms with E-state index in [-0.39, 0.29) is 0 Å². The average molecular weight is 535 g/mol. The second-order valence-electron chi connectivity index (χ2n) is 11.4. The van der Waals surface area contributed by atoms with Gasteiger partial charge in [-0.1, -0.05) is 133 Å². The van der Waals surface area contributed by atoms with E-state index in [0.717, 1.165) is 38.5 Å². The third kappa shape index (κ3) is 5.80. The van der Waals surface area contributed by atoms with Crippen molar-refractivity contribution in [3.63, 3.8) is 0 Å². The van der Waals surface area contributed by atoms with Crippen molar-refractivity contribution in [1.82, 2.24) is 0 Å². The van der Waals surface area contributed by atoms with Gasteiger partial charge in [0, 0.05) is 5.54 Å². The summed E-state index contributed by atoms with van der Waals surface area (Å²) in [5, 5.41) is 4.80. The van der Waals surface area contributed by atoms with Gasteiger partial charge >= 0.3 is 0 Å². The molecule has 0 N–H and O–H groups in total. The predicted octanol–water partition coefficient (Wildman–Crippen LogP) is 8.20. The lowest BCUT2D eigenvalue weighted by atomic mass is 10.1. The van der Waals surface area contributed by atoms with Crippen molar-refractivity contribution in [3.8, 4) is 0 Å². The molecule has 3 aromatic rings. The molecule has 206 valence electrons. The molecule has 0 saturated heterocycles. The lowest BCUT2D eigenvalue weighted by molar-refractivity contribution is 0.880. The summed E-state index contributed by atoms with van der Waals surface area (Å²) in [6.07, 6.45) is 16.2. The minimum absolute atomic E-state index is 0.433. The van der Waals surface area contributed by atoms with Crippen molar-refractivity contribution < 1.29 is 0 Å². The van der Waals surface area contributed by atoms with Crippen LogP contribution in [0.3, 0.4) is 0 Å². The fourth-order valence-electron chi connectivity index (χ4n) is 6.70. The molecule has 0 amide bonds. The Morgan fingerprint density at radius 3 is 1.10 bits per heavy atom. The van der Waals surface area contributed by atoms with Gasteiger partial charge in [0.15, 0.2) is 8.07 Å². The maximum absolute atomic E-state index is 2.61. The van der Waals surface area contributed by atoms with Crippen molar-refractivity contribution in [2.45, 2.75) is 105 Å². The lowest BCUT2D eigenvalue weighted by Crippen LogP contribution is -2.70. The Morgan fingerprint density at radius 2 is 0.821 bits per heavy atom. The van der Waals surface area contributed by atoms with Crippen molar-refractivity contribution in [2.24, 2.45) is 0 Å². The van der Waals surface area contributed by atoms with Crippen LogP contribution in [0.25, 0.3) is 0 Å². The molecule has 1 unspecified atom stereocenters. The molecular weight excluding hydrogens is 485 g/mol. The molecular formula is C38H50Si. The first-order valence-electron chi connectivity index (χ1n) is 15.7. The number of hydrogen-bond donors (Lipinski definition) is 0. The molecule has 0 aliphatic heterocycles. The molecule has 0 spiro atoms. The number of hydrogen-bond acceptors (Lipinski definition) is 0. The molecule has 0 bridgehead atoms. The van der Waals surface area contributed by atoms with E-state index in [4.69, 9.17) is 0 Å². The lowest BCUT2D eigenvalue weighted by Gasteiger charge is -2.41. The minimum Gasteiger partial charge on any atom is -0.0790 e. The molecule has 0 heterocycles. The Kier molecular flexibility index (Phi) is 9.89. The maximum atomic E-state index is 2.61. The highest BCUT2D eigenvalue weighted by Crippen LogP contribution is 2.38. The Bertz CT molecular complexity index is 1140. The van der Waals surface area contributed by atoms with Crippen LogP contribution in [0, 0.1) is 0 Å². The maximum Gasteiger partial charge on any atom is 0.159 e. The second-order valence-corrected chi connectivity index (χ2v) is 15.4. The SMILES string of the molecule is CCCC1=CC=CC1[Si](c1cc(CC)cc(CC)c1)(c1cc(CC)cc(CC)c1)c1cc(CC)cc(CC)c1. The molecule has 0 saturated carbocycles. The summed E-state index contributed by atoms with van der Waals surface area (Å²) in [4.78, 5) is 0. The smallest absolute Gasteiger partial charge is 0.0790 e. The number of allylic oxidation sites excluding steroid dienone is 4. The van der Waals surface area contributed by atoms with Crippen molar-refractivity contribution in [1.29, 1.82) is 0 Å². The van der Waals surface area contributed by atoms with Gasteiger partial charge in [-0.15, -0.1) is 0 Å². The zero-order valence-electron chi connectivity index (χ0n) is 25.7. The molecule has 1 aliphatic carbocycles. The summed E-state index contributed by atoms with van der Waals surface area (Å²) in [5.41, 5.74) is 10.9. The number of aryl methyl sites for hydroxylation is 6. The summed E-state index contributed by atoms with van der Waals surface area (Å²) >= 11 is 0.